The van der Waals surface area contributed by atoms with E-state index in [4.69, 9.17) is 0 Å². The Morgan fingerprint density at radius 2 is 1.47 bits per heavy atom. The molecule has 1 amide bonds. The molecule has 0 heterocycles. The van der Waals surface area contributed by atoms with Crippen molar-refractivity contribution in [3.8, 4) is 0 Å². The van der Waals surface area contributed by atoms with E-state index < -0.39 is 15.9 Å². The summed E-state index contributed by atoms with van der Waals surface area (Å²) in [6.45, 7) is -0.377. The van der Waals surface area contributed by atoms with Gasteiger partial charge in [-0.1, -0.05) is 82.3 Å². The molecule has 5 nitrogen and oxygen atoms in total. The van der Waals surface area contributed by atoms with Gasteiger partial charge in [-0.2, -0.15) is 0 Å². The smallest absolute Gasteiger partial charge is 0.264 e. The predicted molar refractivity (Wildman–Crippen MR) is 141 cm³/mol. The maximum Gasteiger partial charge on any atom is 0.264 e. The first-order valence-corrected chi connectivity index (χ1v) is 13.4. The highest BCUT2D eigenvalue weighted by molar-refractivity contribution is 9.10. The van der Waals surface area contributed by atoms with Gasteiger partial charge in [-0.05, 0) is 54.6 Å². The van der Waals surface area contributed by atoms with E-state index in [1.807, 2.05) is 48.5 Å². The summed E-state index contributed by atoms with van der Waals surface area (Å²) < 4.78 is 28.8. The van der Waals surface area contributed by atoms with Crippen LogP contribution in [0.25, 0.3) is 0 Å². The molecule has 0 saturated carbocycles. The Kier molecular flexibility index (Phi) is 7.72. The second-order valence-corrected chi connectivity index (χ2v) is 11.2. The van der Waals surface area contributed by atoms with Crippen LogP contribution in [0.3, 0.4) is 0 Å². The number of hydrogen-bond donors (Lipinski definition) is 1. The summed E-state index contributed by atoms with van der Waals surface area (Å²) in [5.74, 6) is -0.444. The molecule has 172 valence electrons. The lowest BCUT2D eigenvalue weighted by molar-refractivity contribution is -0.114. The zero-order valence-electron chi connectivity index (χ0n) is 18.0. The SMILES string of the molecule is O=C(CN(c1cccc(Br)c1)S(=O)(=O)c1ccccc1)Nc1ccccc1Sc1ccccc1. The van der Waals surface area contributed by atoms with E-state index >= 15 is 0 Å². The lowest BCUT2D eigenvalue weighted by atomic mass is 10.3. The fourth-order valence-corrected chi connectivity index (χ4v) is 6.00. The Morgan fingerprint density at radius 3 is 2.18 bits per heavy atom. The predicted octanol–water partition coefficient (Wildman–Crippen LogP) is 6.43. The first kappa shape index (κ1) is 24.1. The molecule has 0 aliphatic heterocycles. The van der Waals surface area contributed by atoms with Crippen molar-refractivity contribution in [3.63, 3.8) is 0 Å². The van der Waals surface area contributed by atoms with Crippen LogP contribution in [-0.4, -0.2) is 20.9 Å². The Balaban J connectivity index is 1.61. The minimum absolute atomic E-state index is 0.114. The highest BCUT2D eigenvalue weighted by Gasteiger charge is 2.27. The van der Waals surface area contributed by atoms with Crippen LogP contribution < -0.4 is 9.62 Å². The van der Waals surface area contributed by atoms with Gasteiger partial charge in [0.2, 0.25) is 5.91 Å². The fourth-order valence-electron chi connectivity index (χ4n) is 3.26. The number of para-hydroxylation sites is 1. The third-order valence-electron chi connectivity index (χ3n) is 4.85. The second kappa shape index (κ2) is 10.9. The van der Waals surface area contributed by atoms with Gasteiger partial charge >= 0.3 is 0 Å². The molecule has 0 aliphatic carbocycles. The number of halogens is 1. The van der Waals surface area contributed by atoms with Crippen LogP contribution in [-0.2, 0) is 14.8 Å². The van der Waals surface area contributed by atoms with E-state index in [9.17, 15) is 13.2 Å². The van der Waals surface area contributed by atoms with Crippen molar-refractivity contribution in [2.45, 2.75) is 14.7 Å². The summed E-state index contributed by atoms with van der Waals surface area (Å²) >= 11 is 4.91. The second-order valence-electron chi connectivity index (χ2n) is 7.26. The van der Waals surface area contributed by atoms with E-state index in [0.29, 0.717) is 15.8 Å². The molecule has 0 aliphatic rings. The van der Waals surface area contributed by atoms with Crippen molar-refractivity contribution < 1.29 is 13.2 Å². The van der Waals surface area contributed by atoms with Gasteiger partial charge in [0, 0.05) is 14.3 Å². The minimum Gasteiger partial charge on any atom is -0.323 e. The number of nitrogens with one attached hydrogen (secondary N) is 1. The lowest BCUT2D eigenvalue weighted by Gasteiger charge is -2.24. The van der Waals surface area contributed by atoms with E-state index in [1.54, 1.807) is 48.5 Å². The standard InChI is InChI=1S/C26H21BrN2O3S2/c27-20-10-9-11-21(18-20)29(34(31,32)23-14-5-2-6-15-23)19-26(30)28-24-16-7-8-17-25(24)33-22-12-3-1-4-13-22/h1-18H,19H2,(H,28,30). The van der Waals surface area contributed by atoms with E-state index in [2.05, 4.69) is 21.2 Å². The van der Waals surface area contributed by atoms with Crippen LogP contribution in [0, 0.1) is 0 Å². The molecule has 4 rings (SSSR count). The Morgan fingerprint density at radius 1 is 0.824 bits per heavy atom. The Bertz CT molecular complexity index is 1380. The lowest BCUT2D eigenvalue weighted by Crippen LogP contribution is -2.38. The van der Waals surface area contributed by atoms with Crippen molar-refractivity contribution in [2.24, 2.45) is 0 Å². The molecule has 0 bridgehead atoms. The van der Waals surface area contributed by atoms with Crippen molar-refractivity contribution in [3.05, 3.63) is 114 Å². The summed E-state index contributed by atoms with van der Waals surface area (Å²) in [7, 11) is -3.97. The normalized spacial score (nSPS) is 11.1. The molecule has 0 saturated heterocycles. The summed E-state index contributed by atoms with van der Waals surface area (Å²) in [4.78, 5) is 15.1. The number of carbonyl (C=O) groups excluding carboxylic acids is 1. The molecule has 0 fully saturated rings. The summed E-state index contributed by atoms with van der Waals surface area (Å²) in [5.41, 5.74) is 1.01. The average Bonchev–Trinajstić information content (AvgIpc) is 2.85. The van der Waals surface area contributed by atoms with Crippen LogP contribution in [0.1, 0.15) is 0 Å². The largest absolute Gasteiger partial charge is 0.323 e. The van der Waals surface area contributed by atoms with Gasteiger partial charge in [0.15, 0.2) is 0 Å². The number of rotatable bonds is 8. The van der Waals surface area contributed by atoms with Crippen LogP contribution in [0.4, 0.5) is 11.4 Å². The third-order valence-corrected chi connectivity index (χ3v) is 8.21. The monoisotopic (exact) mass is 552 g/mol. The number of hydrogen-bond acceptors (Lipinski definition) is 4. The number of sulfonamides is 1. The first-order valence-electron chi connectivity index (χ1n) is 10.4. The number of anilines is 2. The van der Waals surface area contributed by atoms with Crippen LogP contribution in [0.2, 0.25) is 0 Å². The van der Waals surface area contributed by atoms with Crippen molar-refractivity contribution in [1.29, 1.82) is 0 Å². The first-order chi connectivity index (χ1) is 16.4. The van der Waals surface area contributed by atoms with Gasteiger partial charge in [0.05, 0.1) is 16.3 Å². The van der Waals surface area contributed by atoms with Gasteiger partial charge < -0.3 is 5.32 Å². The van der Waals surface area contributed by atoms with Crippen LogP contribution in [0.15, 0.2) is 128 Å². The van der Waals surface area contributed by atoms with E-state index in [1.165, 1.54) is 23.9 Å². The number of benzene rings is 4. The molecule has 0 spiro atoms. The molecule has 0 atom stereocenters. The number of amides is 1. The van der Waals surface area contributed by atoms with E-state index in [0.717, 1.165) is 14.1 Å². The summed E-state index contributed by atoms with van der Waals surface area (Å²) in [6, 6.07) is 32.2. The van der Waals surface area contributed by atoms with Crippen molar-refractivity contribution in [2.75, 3.05) is 16.2 Å². The van der Waals surface area contributed by atoms with Gasteiger partial charge in [-0.25, -0.2) is 8.42 Å². The van der Waals surface area contributed by atoms with Gasteiger partial charge in [0.25, 0.3) is 10.0 Å². The number of nitrogens with zero attached hydrogens (tertiary/aromatic N) is 1. The third kappa shape index (κ3) is 5.88. The van der Waals surface area contributed by atoms with Crippen molar-refractivity contribution in [1.82, 2.24) is 0 Å². The molecular weight excluding hydrogens is 532 g/mol. The Hall–Kier alpha value is -3.07. The van der Waals surface area contributed by atoms with E-state index in [-0.39, 0.29) is 11.4 Å². The molecule has 34 heavy (non-hydrogen) atoms. The fraction of sp³-hybridized carbons (Fsp3) is 0.0385. The summed E-state index contributed by atoms with van der Waals surface area (Å²) in [6.07, 6.45) is 0. The zero-order valence-corrected chi connectivity index (χ0v) is 21.2. The topological polar surface area (TPSA) is 66.5 Å². The average molecular weight is 554 g/mol. The highest BCUT2D eigenvalue weighted by Crippen LogP contribution is 2.33. The molecule has 8 heteroatoms. The number of carbonyl (C=O) groups is 1. The van der Waals surface area contributed by atoms with Crippen molar-refractivity contribution >= 4 is 55.0 Å². The minimum atomic E-state index is -3.97. The molecule has 0 radical (unpaired) electrons. The quantitative estimate of drug-likeness (QED) is 0.273. The van der Waals surface area contributed by atoms with Crippen LogP contribution >= 0.6 is 27.7 Å². The van der Waals surface area contributed by atoms with Gasteiger partial charge in [-0.3, -0.25) is 9.10 Å². The zero-order chi connectivity index (χ0) is 24.0. The van der Waals surface area contributed by atoms with Gasteiger partial charge in [0.1, 0.15) is 6.54 Å². The maximum absolute atomic E-state index is 13.5. The Labute approximate surface area is 212 Å². The highest BCUT2D eigenvalue weighted by atomic mass is 79.9. The summed E-state index contributed by atoms with van der Waals surface area (Å²) in [5, 5.41) is 2.89. The molecular formula is C26H21BrN2O3S2. The maximum atomic E-state index is 13.5. The molecule has 0 unspecified atom stereocenters. The molecule has 4 aromatic rings. The molecule has 1 N–H and O–H groups in total. The molecule has 4 aromatic carbocycles. The molecule has 0 aromatic heterocycles. The van der Waals surface area contributed by atoms with Gasteiger partial charge in [-0.15, -0.1) is 0 Å². The van der Waals surface area contributed by atoms with Crippen LogP contribution in [0.5, 0.6) is 0 Å².